The van der Waals surface area contributed by atoms with E-state index in [0.717, 1.165) is 43.9 Å². The Kier molecular flexibility index (Phi) is 7.52. The normalized spacial score (nSPS) is 14.6. The lowest BCUT2D eigenvalue weighted by Crippen LogP contribution is -2.42. The van der Waals surface area contributed by atoms with E-state index < -0.39 is 0 Å². The summed E-state index contributed by atoms with van der Waals surface area (Å²) in [6, 6.07) is 18.0. The van der Waals surface area contributed by atoms with Crippen LogP contribution in [0.1, 0.15) is 24.1 Å². The number of anilines is 2. The fourth-order valence-corrected chi connectivity index (χ4v) is 4.20. The molecule has 1 fully saturated rings. The number of carbonyl (C=O) groups excluding carboxylic acids is 1. The third-order valence-corrected chi connectivity index (χ3v) is 6.03. The lowest BCUT2D eigenvalue weighted by Gasteiger charge is -2.35. The molecule has 2 aromatic carbocycles. The van der Waals surface area contributed by atoms with E-state index in [1.165, 1.54) is 5.56 Å². The molecule has 7 heteroatoms. The molecular weight excluding hydrogens is 414 g/mol. The largest absolute Gasteiger partial charge is 0.495 e. The van der Waals surface area contributed by atoms with E-state index in [0.29, 0.717) is 24.0 Å². The van der Waals surface area contributed by atoms with Crippen molar-refractivity contribution in [2.75, 3.05) is 37.0 Å². The molecule has 3 aromatic rings. The van der Waals surface area contributed by atoms with Crippen molar-refractivity contribution in [2.45, 2.75) is 26.3 Å². The average molecular weight is 446 g/mol. The first-order chi connectivity index (χ1) is 16.1. The van der Waals surface area contributed by atoms with Gasteiger partial charge >= 0.3 is 6.03 Å². The van der Waals surface area contributed by atoms with Gasteiger partial charge in [0.05, 0.1) is 30.9 Å². The molecule has 1 saturated heterocycles. The van der Waals surface area contributed by atoms with Crippen molar-refractivity contribution < 1.29 is 9.53 Å². The number of piperidine rings is 1. The number of hydrogen-bond donors (Lipinski definition) is 1. The Bertz CT molecular complexity index is 1030. The standard InChI is InChI=1S/C26H31N5O2/c1-20-16-28-25(17-27-20)29-26(32)31(23-10-6-7-11-24(23)33-2)19-22-12-14-30(15-13-22)18-21-8-4-3-5-9-21/h3-11,16-17,22H,12-15,18-19H2,1-2H3,(H,28,29,32). The monoisotopic (exact) mass is 445 g/mol. The van der Waals surface area contributed by atoms with Gasteiger partial charge < -0.3 is 4.74 Å². The molecule has 2 amide bonds. The van der Waals surface area contributed by atoms with Crippen LogP contribution in [0.3, 0.4) is 0 Å². The minimum Gasteiger partial charge on any atom is -0.495 e. The Morgan fingerprint density at radius 1 is 1.06 bits per heavy atom. The molecule has 1 aliphatic heterocycles. The highest BCUT2D eigenvalue weighted by atomic mass is 16.5. The van der Waals surface area contributed by atoms with Crippen molar-refractivity contribution >= 4 is 17.5 Å². The highest BCUT2D eigenvalue weighted by Crippen LogP contribution is 2.31. The molecule has 33 heavy (non-hydrogen) atoms. The van der Waals surface area contributed by atoms with Crippen LogP contribution in [0.15, 0.2) is 67.0 Å². The fraction of sp³-hybridized carbons (Fsp3) is 0.346. The summed E-state index contributed by atoms with van der Waals surface area (Å²) in [5.41, 5.74) is 2.89. The van der Waals surface area contributed by atoms with Crippen LogP contribution in [0, 0.1) is 12.8 Å². The Hall–Kier alpha value is -3.45. The first kappa shape index (κ1) is 22.7. The lowest BCUT2D eigenvalue weighted by molar-refractivity contribution is 0.179. The topological polar surface area (TPSA) is 70.6 Å². The van der Waals surface area contributed by atoms with Gasteiger partial charge in [0, 0.05) is 13.1 Å². The third-order valence-electron chi connectivity index (χ3n) is 6.03. The SMILES string of the molecule is COc1ccccc1N(CC1CCN(Cc2ccccc2)CC1)C(=O)Nc1cnc(C)cn1. The van der Waals surface area contributed by atoms with E-state index in [-0.39, 0.29) is 6.03 Å². The van der Waals surface area contributed by atoms with Crippen LogP contribution in [0.2, 0.25) is 0 Å². The molecule has 1 aromatic heterocycles. The lowest BCUT2D eigenvalue weighted by atomic mass is 9.95. The molecule has 0 radical (unpaired) electrons. The number of ether oxygens (including phenoxy) is 1. The highest BCUT2D eigenvalue weighted by Gasteiger charge is 2.26. The second-order valence-electron chi connectivity index (χ2n) is 8.46. The van der Waals surface area contributed by atoms with Crippen LogP contribution in [0.25, 0.3) is 0 Å². The van der Waals surface area contributed by atoms with Crippen molar-refractivity contribution in [3.8, 4) is 5.75 Å². The summed E-state index contributed by atoms with van der Waals surface area (Å²) in [6.45, 7) is 5.49. The summed E-state index contributed by atoms with van der Waals surface area (Å²) in [5, 5.41) is 2.90. The van der Waals surface area contributed by atoms with Gasteiger partial charge in [-0.3, -0.25) is 20.1 Å². The molecule has 0 bridgehead atoms. The van der Waals surface area contributed by atoms with Crippen molar-refractivity contribution in [2.24, 2.45) is 5.92 Å². The molecule has 0 saturated carbocycles. The maximum absolute atomic E-state index is 13.3. The summed E-state index contributed by atoms with van der Waals surface area (Å²) in [6.07, 6.45) is 5.30. The Labute approximate surface area is 195 Å². The van der Waals surface area contributed by atoms with Gasteiger partial charge in [0.2, 0.25) is 0 Å². The van der Waals surface area contributed by atoms with Crippen LogP contribution in [0.5, 0.6) is 5.75 Å². The fourth-order valence-electron chi connectivity index (χ4n) is 4.20. The number of carbonyl (C=O) groups is 1. The molecule has 0 spiro atoms. The maximum atomic E-state index is 13.3. The predicted octanol–water partition coefficient (Wildman–Crippen LogP) is 4.74. The minimum atomic E-state index is -0.232. The number of amides is 2. The van der Waals surface area contributed by atoms with E-state index >= 15 is 0 Å². The smallest absolute Gasteiger partial charge is 0.327 e. The van der Waals surface area contributed by atoms with Crippen LogP contribution >= 0.6 is 0 Å². The minimum absolute atomic E-state index is 0.232. The first-order valence-corrected chi connectivity index (χ1v) is 11.4. The van der Waals surface area contributed by atoms with Gasteiger partial charge in [-0.25, -0.2) is 9.78 Å². The number of likely N-dealkylation sites (tertiary alicyclic amines) is 1. The Balaban J connectivity index is 1.45. The number of nitrogens with one attached hydrogen (secondary N) is 1. The predicted molar refractivity (Wildman–Crippen MR) is 131 cm³/mol. The summed E-state index contributed by atoms with van der Waals surface area (Å²) in [4.78, 5) is 26.1. The third kappa shape index (κ3) is 6.08. The summed E-state index contributed by atoms with van der Waals surface area (Å²) in [5.74, 6) is 1.50. The van der Waals surface area contributed by atoms with E-state index in [4.69, 9.17) is 4.74 Å². The molecule has 2 heterocycles. The maximum Gasteiger partial charge on any atom is 0.327 e. The van der Waals surface area contributed by atoms with Gasteiger partial charge in [-0.1, -0.05) is 42.5 Å². The quantitative estimate of drug-likeness (QED) is 0.569. The van der Waals surface area contributed by atoms with Crippen LogP contribution in [-0.2, 0) is 6.54 Å². The number of urea groups is 1. The van der Waals surface area contributed by atoms with Gasteiger partial charge in [0.1, 0.15) is 5.75 Å². The molecular formula is C26H31N5O2. The Morgan fingerprint density at radius 3 is 2.48 bits per heavy atom. The highest BCUT2D eigenvalue weighted by molar-refractivity contribution is 6.02. The second-order valence-corrected chi connectivity index (χ2v) is 8.46. The molecule has 0 unspecified atom stereocenters. The van der Waals surface area contributed by atoms with Crippen LogP contribution in [0.4, 0.5) is 16.3 Å². The molecule has 1 aliphatic rings. The molecule has 0 atom stereocenters. The van der Waals surface area contributed by atoms with Crippen molar-refractivity contribution in [1.29, 1.82) is 0 Å². The molecule has 1 N–H and O–H groups in total. The second kappa shape index (κ2) is 10.9. The summed E-state index contributed by atoms with van der Waals surface area (Å²) >= 11 is 0. The van der Waals surface area contributed by atoms with Gasteiger partial charge in [0.25, 0.3) is 0 Å². The van der Waals surface area contributed by atoms with Gasteiger partial charge in [0.15, 0.2) is 5.82 Å². The van der Waals surface area contributed by atoms with Gasteiger partial charge in [-0.2, -0.15) is 0 Å². The van der Waals surface area contributed by atoms with Crippen LogP contribution < -0.4 is 15.0 Å². The molecule has 7 nitrogen and oxygen atoms in total. The number of aryl methyl sites for hydroxylation is 1. The zero-order valence-corrected chi connectivity index (χ0v) is 19.3. The molecule has 0 aliphatic carbocycles. The number of para-hydroxylation sites is 2. The number of hydrogen-bond acceptors (Lipinski definition) is 5. The summed E-state index contributed by atoms with van der Waals surface area (Å²) < 4.78 is 5.56. The first-order valence-electron chi connectivity index (χ1n) is 11.4. The van der Waals surface area contributed by atoms with E-state index in [1.807, 2.05) is 31.2 Å². The van der Waals surface area contributed by atoms with Crippen molar-refractivity contribution in [3.63, 3.8) is 0 Å². The summed E-state index contributed by atoms with van der Waals surface area (Å²) in [7, 11) is 1.63. The molecule has 172 valence electrons. The number of nitrogens with zero attached hydrogens (tertiary/aromatic N) is 4. The zero-order chi connectivity index (χ0) is 23.0. The van der Waals surface area contributed by atoms with Crippen molar-refractivity contribution in [1.82, 2.24) is 14.9 Å². The number of aromatic nitrogens is 2. The van der Waals surface area contributed by atoms with Crippen LogP contribution in [-0.4, -0.2) is 47.6 Å². The average Bonchev–Trinajstić information content (AvgIpc) is 2.85. The number of benzene rings is 2. The number of methoxy groups -OCH3 is 1. The Morgan fingerprint density at radius 2 is 1.79 bits per heavy atom. The van der Waals surface area contributed by atoms with Gasteiger partial charge in [-0.15, -0.1) is 0 Å². The van der Waals surface area contributed by atoms with Crippen molar-refractivity contribution in [3.05, 3.63) is 78.2 Å². The van der Waals surface area contributed by atoms with E-state index in [2.05, 4.69) is 50.5 Å². The number of rotatable bonds is 7. The van der Waals surface area contributed by atoms with E-state index in [1.54, 1.807) is 24.4 Å². The molecule has 4 rings (SSSR count). The zero-order valence-electron chi connectivity index (χ0n) is 19.3. The van der Waals surface area contributed by atoms with Gasteiger partial charge in [-0.05, 0) is 56.5 Å². The van der Waals surface area contributed by atoms with E-state index in [9.17, 15) is 4.79 Å².